The Morgan fingerprint density at radius 1 is 0.759 bits per heavy atom. The van der Waals surface area contributed by atoms with Crippen LogP contribution in [0.4, 0.5) is 11.4 Å². The molecule has 0 saturated heterocycles. The first-order valence-corrected chi connectivity index (χ1v) is 11.0. The summed E-state index contributed by atoms with van der Waals surface area (Å²) < 4.78 is 27.8. The van der Waals surface area contributed by atoms with Gasteiger partial charge in [-0.25, -0.2) is 8.42 Å². The van der Waals surface area contributed by atoms with E-state index in [1.54, 1.807) is 24.3 Å². The van der Waals surface area contributed by atoms with Crippen molar-refractivity contribution in [3.63, 3.8) is 0 Å². The minimum absolute atomic E-state index is 0.0911. The van der Waals surface area contributed by atoms with Crippen molar-refractivity contribution < 1.29 is 13.2 Å². The van der Waals surface area contributed by atoms with Crippen molar-refractivity contribution in [2.45, 2.75) is 4.90 Å². The van der Waals surface area contributed by atoms with Crippen LogP contribution in [0.2, 0.25) is 20.1 Å². The average molecular weight is 490 g/mol. The second-order valence-corrected chi connectivity index (χ2v) is 9.12. The fourth-order valence-corrected chi connectivity index (χ4v) is 4.16. The number of carbonyl (C=O) groups excluding carboxylic acids is 1. The summed E-state index contributed by atoms with van der Waals surface area (Å²) in [5.41, 5.74) is 0.616. The summed E-state index contributed by atoms with van der Waals surface area (Å²) in [5, 5.41) is 3.60. The van der Waals surface area contributed by atoms with Crippen molar-refractivity contribution in [3.8, 4) is 0 Å². The fourth-order valence-electron chi connectivity index (χ4n) is 2.39. The van der Waals surface area contributed by atoms with E-state index in [1.165, 1.54) is 36.4 Å². The van der Waals surface area contributed by atoms with Gasteiger partial charge in [-0.3, -0.25) is 9.52 Å². The van der Waals surface area contributed by atoms with Gasteiger partial charge in [0.05, 0.1) is 36.2 Å². The van der Waals surface area contributed by atoms with Crippen LogP contribution in [0.25, 0.3) is 0 Å². The SMILES string of the molecule is O=C(Nc1ccc(Cl)c(Cl)c1)c1ccccc1NS(=O)(=O)c1ccc(Cl)c(Cl)c1. The van der Waals surface area contributed by atoms with Crippen LogP contribution in [0.5, 0.6) is 0 Å². The summed E-state index contributed by atoms with van der Waals surface area (Å²) in [6, 6.07) is 14.7. The zero-order chi connectivity index (χ0) is 21.2. The highest BCUT2D eigenvalue weighted by Crippen LogP contribution is 2.28. The molecule has 0 aromatic heterocycles. The Hall–Kier alpha value is -1.96. The first kappa shape index (κ1) is 21.7. The Morgan fingerprint density at radius 2 is 1.38 bits per heavy atom. The Morgan fingerprint density at radius 3 is 2.03 bits per heavy atom. The van der Waals surface area contributed by atoms with E-state index in [2.05, 4.69) is 10.0 Å². The van der Waals surface area contributed by atoms with Crippen molar-refractivity contribution in [3.05, 3.63) is 86.3 Å². The summed E-state index contributed by atoms with van der Waals surface area (Å²) in [4.78, 5) is 12.6. The number of amides is 1. The molecule has 0 bridgehead atoms. The van der Waals surface area contributed by atoms with Crippen LogP contribution in [-0.2, 0) is 10.0 Å². The van der Waals surface area contributed by atoms with Crippen molar-refractivity contribution in [1.82, 2.24) is 0 Å². The number of para-hydroxylation sites is 1. The van der Waals surface area contributed by atoms with Crippen molar-refractivity contribution >= 4 is 73.7 Å². The molecular weight excluding hydrogens is 478 g/mol. The zero-order valence-electron chi connectivity index (χ0n) is 14.4. The molecule has 0 heterocycles. The molecule has 2 N–H and O–H groups in total. The number of sulfonamides is 1. The van der Waals surface area contributed by atoms with Gasteiger partial charge in [0.1, 0.15) is 0 Å². The predicted octanol–water partition coefficient (Wildman–Crippen LogP) is 6.35. The molecular formula is C19H12Cl4N2O3S. The molecule has 150 valence electrons. The van der Waals surface area contributed by atoms with Gasteiger partial charge in [0, 0.05) is 5.69 Å². The van der Waals surface area contributed by atoms with Crippen LogP contribution in [0.3, 0.4) is 0 Å². The molecule has 1 amide bonds. The lowest BCUT2D eigenvalue weighted by Gasteiger charge is -2.13. The maximum absolute atomic E-state index is 12.7. The first-order chi connectivity index (χ1) is 13.7. The van der Waals surface area contributed by atoms with E-state index in [0.29, 0.717) is 10.7 Å². The van der Waals surface area contributed by atoms with Crippen LogP contribution < -0.4 is 10.0 Å². The van der Waals surface area contributed by atoms with Gasteiger partial charge in [-0.15, -0.1) is 0 Å². The van der Waals surface area contributed by atoms with E-state index in [4.69, 9.17) is 46.4 Å². The highest BCUT2D eigenvalue weighted by atomic mass is 35.5. The topological polar surface area (TPSA) is 75.3 Å². The van der Waals surface area contributed by atoms with Gasteiger partial charge in [-0.2, -0.15) is 0 Å². The van der Waals surface area contributed by atoms with E-state index in [-0.39, 0.29) is 31.2 Å². The third-order valence-electron chi connectivity index (χ3n) is 3.79. The molecule has 0 atom stereocenters. The number of carbonyl (C=O) groups is 1. The number of halogens is 4. The average Bonchev–Trinajstić information content (AvgIpc) is 2.67. The standard InChI is InChI=1S/C19H12Cl4N2O3S/c20-14-7-5-11(9-16(14)22)24-19(26)13-3-1-2-4-18(13)25-29(27,28)12-6-8-15(21)17(23)10-12/h1-10,25H,(H,24,26). The Labute approximate surface area is 187 Å². The largest absolute Gasteiger partial charge is 0.322 e. The minimum Gasteiger partial charge on any atom is -0.322 e. The third-order valence-corrected chi connectivity index (χ3v) is 6.64. The van der Waals surface area contributed by atoms with Crippen LogP contribution in [0, 0.1) is 0 Å². The van der Waals surface area contributed by atoms with Crippen LogP contribution in [0.15, 0.2) is 65.6 Å². The van der Waals surface area contributed by atoms with Gasteiger partial charge in [-0.05, 0) is 48.5 Å². The molecule has 0 aliphatic rings. The summed E-state index contributed by atoms with van der Waals surface area (Å²) >= 11 is 23.6. The van der Waals surface area contributed by atoms with E-state index < -0.39 is 15.9 Å². The van der Waals surface area contributed by atoms with E-state index in [0.717, 1.165) is 0 Å². The second-order valence-electron chi connectivity index (χ2n) is 5.81. The Kier molecular flexibility index (Phi) is 6.61. The molecule has 3 aromatic carbocycles. The highest BCUT2D eigenvalue weighted by molar-refractivity contribution is 7.92. The van der Waals surface area contributed by atoms with Gasteiger partial charge in [0.2, 0.25) is 0 Å². The summed E-state index contributed by atoms with van der Waals surface area (Å²) in [6.45, 7) is 0. The first-order valence-electron chi connectivity index (χ1n) is 8.01. The summed E-state index contributed by atoms with van der Waals surface area (Å²) in [6.07, 6.45) is 0. The molecule has 0 aliphatic carbocycles. The van der Waals surface area contributed by atoms with E-state index in [1.807, 2.05) is 0 Å². The van der Waals surface area contributed by atoms with Gasteiger partial charge in [0.15, 0.2) is 0 Å². The second kappa shape index (κ2) is 8.81. The van der Waals surface area contributed by atoms with Gasteiger partial charge >= 0.3 is 0 Å². The monoisotopic (exact) mass is 488 g/mol. The maximum Gasteiger partial charge on any atom is 0.261 e. The lowest BCUT2D eigenvalue weighted by molar-refractivity contribution is 0.102. The van der Waals surface area contributed by atoms with Crippen LogP contribution >= 0.6 is 46.4 Å². The smallest absolute Gasteiger partial charge is 0.261 e. The maximum atomic E-state index is 12.7. The molecule has 3 rings (SSSR count). The highest BCUT2D eigenvalue weighted by Gasteiger charge is 2.20. The van der Waals surface area contributed by atoms with Gasteiger partial charge in [-0.1, -0.05) is 58.5 Å². The Balaban J connectivity index is 1.89. The fraction of sp³-hybridized carbons (Fsp3) is 0. The van der Waals surface area contributed by atoms with Crippen LogP contribution in [0.1, 0.15) is 10.4 Å². The normalized spacial score (nSPS) is 11.2. The summed E-state index contributed by atoms with van der Waals surface area (Å²) in [5.74, 6) is -0.532. The molecule has 0 spiro atoms. The molecule has 3 aromatic rings. The van der Waals surface area contributed by atoms with Gasteiger partial charge < -0.3 is 5.32 Å². The van der Waals surface area contributed by atoms with E-state index in [9.17, 15) is 13.2 Å². The van der Waals surface area contributed by atoms with Crippen molar-refractivity contribution in [1.29, 1.82) is 0 Å². The predicted molar refractivity (Wildman–Crippen MR) is 118 cm³/mol. The number of nitrogens with one attached hydrogen (secondary N) is 2. The lowest BCUT2D eigenvalue weighted by atomic mass is 10.1. The molecule has 0 aliphatic heterocycles. The number of hydrogen-bond acceptors (Lipinski definition) is 3. The lowest BCUT2D eigenvalue weighted by Crippen LogP contribution is -2.18. The zero-order valence-corrected chi connectivity index (χ0v) is 18.3. The summed E-state index contributed by atoms with van der Waals surface area (Å²) in [7, 11) is -4.01. The molecule has 5 nitrogen and oxygen atoms in total. The number of rotatable bonds is 5. The van der Waals surface area contributed by atoms with Gasteiger partial charge in [0.25, 0.3) is 15.9 Å². The van der Waals surface area contributed by atoms with Crippen LogP contribution in [-0.4, -0.2) is 14.3 Å². The number of benzene rings is 3. The molecule has 0 saturated carbocycles. The number of anilines is 2. The third kappa shape index (κ3) is 5.15. The van der Waals surface area contributed by atoms with E-state index >= 15 is 0 Å². The molecule has 0 radical (unpaired) electrons. The molecule has 29 heavy (non-hydrogen) atoms. The molecule has 10 heteroatoms. The van der Waals surface area contributed by atoms with Crippen molar-refractivity contribution in [2.24, 2.45) is 0 Å². The quantitative estimate of drug-likeness (QED) is 0.438. The minimum atomic E-state index is -4.01. The molecule has 0 fully saturated rings. The van der Waals surface area contributed by atoms with Crippen molar-refractivity contribution in [2.75, 3.05) is 10.0 Å². The molecule has 0 unspecified atom stereocenters. The number of hydrogen-bond donors (Lipinski definition) is 2. The Bertz CT molecular complexity index is 1200.